The zero-order valence-corrected chi connectivity index (χ0v) is 13.8. The third-order valence-corrected chi connectivity index (χ3v) is 5.70. The molecule has 3 atom stereocenters. The van der Waals surface area contributed by atoms with E-state index >= 15 is 0 Å². The summed E-state index contributed by atoms with van der Waals surface area (Å²) < 4.78 is 0. The van der Waals surface area contributed by atoms with Crippen LogP contribution < -0.4 is 0 Å². The number of fused-ring (bicyclic) bond motifs is 2. The quantitative estimate of drug-likeness (QED) is 0.407. The Labute approximate surface area is 133 Å². The van der Waals surface area contributed by atoms with E-state index in [1.54, 1.807) is 0 Å². The van der Waals surface area contributed by atoms with Gasteiger partial charge in [-0.05, 0) is 56.3 Å². The Morgan fingerprint density at radius 2 is 1.68 bits per heavy atom. The van der Waals surface area contributed by atoms with Gasteiger partial charge in [-0.3, -0.25) is 14.5 Å². The highest BCUT2D eigenvalue weighted by molar-refractivity contribution is 6.19. The van der Waals surface area contributed by atoms with Crippen molar-refractivity contribution in [2.45, 2.75) is 58.8 Å². The molecule has 0 radical (unpaired) electrons. The van der Waals surface area contributed by atoms with Crippen molar-refractivity contribution in [1.29, 1.82) is 0 Å². The molecule has 2 aliphatic carbocycles. The Bertz CT molecular complexity index is 506. The summed E-state index contributed by atoms with van der Waals surface area (Å²) in [5.41, 5.74) is 1.48. The van der Waals surface area contributed by atoms with Crippen molar-refractivity contribution in [2.24, 2.45) is 17.8 Å². The van der Waals surface area contributed by atoms with E-state index in [1.807, 2.05) is 13.8 Å². The summed E-state index contributed by atoms with van der Waals surface area (Å²) in [6.45, 7) is 4.52. The lowest BCUT2D eigenvalue weighted by Crippen LogP contribution is -2.32. The number of unbranched alkanes of at least 4 members (excludes halogenated alkanes) is 1. The fourth-order valence-corrected chi connectivity index (χ4v) is 4.51. The summed E-state index contributed by atoms with van der Waals surface area (Å²) in [6.07, 6.45) is 12.1. The molecule has 2 amide bonds. The number of rotatable bonds is 7. The standard InChI is InChI=1S/C19H27NO2/c1-3-16-17(4-2)19(22)20(18(16)21)10-6-5-7-14-11-13-8-9-15(14)12-13/h8-9,13-15H,3-7,10-12H2,1-2H3/t13?,14?,15-/m1/s1. The number of amides is 2. The third-order valence-electron chi connectivity index (χ3n) is 5.70. The highest BCUT2D eigenvalue weighted by atomic mass is 16.2. The maximum absolute atomic E-state index is 12.3. The molecular formula is C19H27NO2. The van der Waals surface area contributed by atoms with E-state index in [1.165, 1.54) is 24.2 Å². The van der Waals surface area contributed by atoms with Gasteiger partial charge in [0, 0.05) is 17.7 Å². The largest absolute Gasteiger partial charge is 0.275 e. The molecule has 1 fully saturated rings. The molecule has 0 aromatic heterocycles. The summed E-state index contributed by atoms with van der Waals surface area (Å²) >= 11 is 0. The molecule has 3 nitrogen and oxygen atoms in total. The van der Waals surface area contributed by atoms with Gasteiger partial charge in [0.15, 0.2) is 0 Å². The molecule has 1 aliphatic heterocycles. The van der Waals surface area contributed by atoms with Crippen molar-refractivity contribution in [2.75, 3.05) is 6.54 Å². The lowest BCUT2D eigenvalue weighted by Gasteiger charge is -2.19. The van der Waals surface area contributed by atoms with Crippen molar-refractivity contribution in [3.63, 3.8) is 0 Å². The van der Waals surface area contributed by atoms with Gasteiger partial charge in [0.2, 0.25) is 0 Å². The van der Waals surface area contributed by atoms with Gasteiger partial charge in [0.1, 0.15) is 0 Å². The van der Waals surface area contributed by atoms with E-state index in [9.17, 15) is 9.59 Å². The van der Waals surface area contributed by atoms with E-state index in [-0.39, 0.29) is 11.8 Å². The number of hydrogen-bond donors (Lipinski definition) is 0. The van der Waals surface area contributed by atoms with Gasteiger partial charge in [-0.1, -0.05) is 32.4 Å². The van der Waals surface area contributed by atoms with Gasteiger partial charge in [-0.25, -0.2) is 0 Å². The minimum absolute atomic E-state index is 0.0350. The number of hydrogen-bond acceptors (Lipinski definition) is 2. The summed E-state index contributed by atoms with van der Waals surface area (Å²) in [7, 11) is 0. The fourth-order valence-electron chi connectivity index (χ4n) is 4.51. The summed E-state index contributed by atoms with van der Waals surface area (Å²) in [5.74, 6) is 2.41. The monoisotopic (exact) mass is 301 g/mol. The highest BCUT2D eigenvalue weighted by Gasteiger charge is 2.36. The fraction of sp³-hybridized carbons (Fsp3) is 0.684. The molecular weight excluding hydrogens is 274 g/mol. The van der Waals surface area contributed by atoms with Gasteiger partial charge in [-0.15, -0.1) is 0 Å². The first kappa shape index (κ1) is 15.5. The van der Waals surface area contributed by atoms with Crippen LogP contribution in [0.1, 0.15) is 58.8 Å². The van der Waals surface area contributed by atoms with E-state index in [2.05, 4.69) is 12.2 Å². The number of carbonyl (C=O) groups excluding carboxylic acids is 2. The van der Waals surface area contributed by atoms with E-state index < -0.39 is 0 Å². The highest BCUT2D eigenvalue weighted by Crippen LogP contribution is 2.45. The average molecular weight is 301 g/mol. The number of nitrogens with zero attached hydrogens (tertiary/aromatic N) is 1. The molecule has 0 saturated heterocycles. The van der Waals surface area contributed by atoms with Crippen molar-refractivity contribution in [3.05, 3.63) is 23.3 Å². The van der Waals surface area contributed by atoms with E-state index in [0.29, 0.717) is 19.4 Å². The molecule has 22 heavy (non-hydrogen) atoms. The summed E-state index contributed by atoms with van der Waals surface area (Å²) in [6, 6.07) is 0. The molecule has 3 rings (SSSR count). The first-order chi connectivity index (χ1) is 10.7. The molecule has 2 unspecified atom stereocenters. The molecule has 120 valence electrons. The first-order valence-electron chi connectivity index (χ1n) is 8.92. The predicted octanol–water partition coefficient (Wildman–Crippen LogP) is 3.85. The maximum Gasteiger partial charge on any atom is 0.257 e. The minimum Gasteiger partial charge on any atom is -0.275 e. The zero-order chi connectivity index (χ0) is 15.7. The minimum atomic E-state index is -0.0350. The van der Waals surface area contributed by atoms with Crippen LogP contribution in [0.15, 0.2) is 23.3 Å². The molecule has 0 aromatic carbocycles. The van der Waals surface area contributed by atoms with E-state index in [0.717, 1.165) is 41.7 Å². The second kappa shape index (κ2) is 6.39. The first-order valence-corrected chi connectivity index (χ1v) is 8.92. The zero-order valence-electron chi connectivity index (χ0n) is 13.8. The Kier molecular flexibility index (Phi) is 4.51. The molecule has 3 aliphatic rings. The maximum atomic E-state index is 12.3. The average Bonchev–Trinajstić information content (AvgIpc) is 3.18. The van der Waals surface area contributed by atoms with Crippen molar-refractivity contribution in [3.8, 4) is 0 Å². The topological polar surface area (TPSA) is 37.4 Å². The van der Waals surface area contributed by atoms with Gasteiger partial charge < -0.3 is 0 Å². The molecule has 2 bridgehead atoms. The smallest absolute Gasteiger partial charge is 0.257 e. The Balaban J connectivity index is 1.45. The van der Waals surface area contributed by atoms with Crippen LogP contribution >= 0.6 is 0 Å². The number of imide groups is 1. The van der Waals surface area contributed by atoms with Crippen molar-refractivity contribution in [1.82, 2.24) is 4.90 Å². The Morgan fingerprint density at radius 1 is 1.00 bits per heavy atom. The normalized spacial score (nSPS) is 30.3. The van der Waals surface area contributed by atoms with Crippen LogP contribution in [0.25, 0.3) is 0 Å². The van der Waals surface area contributed by atoms with Gasteiger partial charge in [-0.2, -0.15) is 0 Å². The molecule has 0 N–H and O–H groups in total. The predicted molar refractivity (Wildman–Crippen MR) is 87.0 cm³/mol. The van der Waals surface area contributed by atoms with Crippen LogP contribution in [-0.2, 0) is 9.59 Å². The third kappa shape index (κ3) is 2.66. The van der Waals surface area contributed by atoms with Crippen LogP contribution in [0, 0.1) is 17.8 Å². The van der Waals surface area contributed by atoms with Crippen LogP contribution in [0.5, 0.6) is 0 Å². The Morgan fingerprint density at radius 3 is 2.18 bits per heavy atom. The molecule has 3 heteroatoms. The summed E-state index contributed by atoms with van der Waals surface area (Å²) in [4.78, 5) is 26.1. The SMILES string of the molecule is CCC1=C(CC)C(=O)N(CCCCC2CC3C=C[C@@H]2C3)C1=O. The van der Waals surface area contributed by atoms with Crippen LogP contribution in [0.4, 0.5) is 0 Å². The van der Waals surface area contributed by atoms with Crippen LogP contribution in [-0.4, -0.2) is 23.3 Å². The molecule has 0 aromatic rings. The van der Waals surface area contributed by atoms with Gasteiger partial charge in [0.05, 0.1) is 0 Å². The number of allylic oxidation sites excluding steroid dienone is 2. The lowest BCUT2D eigenvalue weighted by molar-refractivity contribution is -0.137. The van der Waals surface area contributed by atoms with Gasteiger partial charge >= 0.3 is 0 Å². The van der Waals surface area contributed by atoms with Crippen LogP contribution in [0.3, 0.4) is 0 Å². The van der Waals surface area contributed by atoms with E-state index in [4.69, 9.17) is 0 Å². The molecule has 1 heterocycles. The van der Waals surface area contributed by atoms with Crippen molar-refractivity contribution < 1.29 is 9.59 Å². The van der Waals surface area contributed by atoms with Gasteiger partial charge in [0.25, 0.3) is 11.8 Å². The Hall–Kier alpha value is -1.38. The molecule has 1 saturated carbocycles. The van der Waals surface area contributed by atoms with Crippen molar-refractivity contribution >= 4 is 11.8 Å². The molecule has 0 spiro atoms. The number of carbonyl (C=O) groups is 2. The lowest BCUT2D eigenvalue weighted by atomic mass is 9.89. The summed E-state index contributed by atoms with van der Waals surface area (Å²) in [5, 5.41) is 0. The second-order valence-corrected chi connectivity index (χ2v) is 6.96. The van der Waals surface area contributed by atoms with Crippen LogP contribution in [0.2, 0.25) is 0 Å². The second-order valence-electron chi connectivity index (χ2n) is 6.96.